The largest absolute Gasteiger partial charge is 0.336 e. The van der Waals surface area contributed by atoms with E-state index in [2.05, 4.69) is 46.9 Å². The Morgan fingerprint density at radius 1 is 1.29 bits per heavy atom. The van der Waals surface area contributed by atoms with Crippen LogP contribution in [-0.2, 0) is 13.0 Å². The summed E-state index contributed by atoms with van der Waals surface area (Å²) in [5.41, 5.74) is 8.22. The summed E-state index contributed by atoms with van der Waals surface area (Å²) in [4.78, 5) is 0. The third kappa shape index (κ3) is 2.51. The van der Waals surface area contributed by atoms with Crippen molar-refractivity contribution >= 4 is 10.9 Å². The fourth-order valence-corrected chi connectivity index (χ4v) is 2.11. The van der Waals surface area contributed by atoms with Gasteiger partial charge in [0.2, 0.25) is 0 Å². The van der Waals surface area contributed by atoms with Crippen LogP contribution >= 0.6 is 0 Å². The van der Waals surface area contributed by atoms with Crippen LogP contribution in [0.15, 0.2) is 30.5 Å². The van der Waals surface area contributed by atoms with E-state index in [1.54, 1.807) is 0 Å². The lowest BCUT2D eigenvalue weighted by Gasteiger charge is -1.98. The lowest BCUT2D eigenvalue weighted by molar-refractivity contribution is 0.821. The predicted molar refractivity (Wildman–Crippen MR) is 72.8 cm³/mol. The van der Waals surface area contributed by atoms with Crippen molar-refractivity contribution in [1.82, 2.24) is 4.57 Å². The molecule has 1 heterocycles. The van der Waals surface area contributed by atoms with Crippen LogP contribution in [0.5, 0.6) is 0 Å². The first-order valence-electron chi connectivity index (χ1n) is 6.03. The Bertz CT molecular complexity index is 555. The van der Waals surface area contributed by atoms with Gasteiger partial charge in [-0.2, -0.15) is 0 Å². The van der Waals surface area contributed by atoms with E-state index in [4.69, 9.17) is 5.73 Å². The average Bonchev–Trinajstić information content (AvgIpc) is 2.72. The van der Waals surface area contributed by atoms with E-state index >= 15 is 0 Å². The van der Waals surface area contributed by atoms with Crippen molar-refractivity contribution in [3.8, 4) is 11.8 Å². The Balaban J connectivity index is 2.41. The molecule has 0 bridgehead atoms. The molecule has 0 saturated heterocycles. The van der Waals surface area contributed by atoms with E-state index in [-0.39, 0.29) is 0 Å². The molecule has 17 heavy (non-hydrogen) atoms. The zero-order valence-electron chi connectivity index (χ0n) is 10.2. The third-order valence-electron chi connectivity index (χ3n) is 2.95. The van der Waals surface area contributed by atoms with Crippen LogP contribution in [0, 0.1) is 11.8 Å². The van der Waals surface area contributed by atoms with Crippen molar-refractivity contribution in [2.75, 3.05) is 6.54 Å². The monoisotopic (exact) mass is 226 g/mol. The number of para-hydroxylation sites is 1. The maximum absolute atomic E-state index is 5.58. The van der Waals surface area contributed by atoms with Gasteiger partial charge >= 0.3 is 0 Å². The molecule has 0 unspecified atom stereocenters. The highest BCUT2D eigenvalue weighted by atomic mass is 14.9. The minimum absolute atomic E-state index is 0.744. The Morgan fingerprint density at radius 3 is 2.88 bits per heavy atom. The van der Waals surface area contributed by atoms with Crippen LogP contribution in [0.2, 0.25) is 0 Å². The second-order valence-electron chi connectivity index (χ2n) is 4.12. The fourth-order valence-electron chi connectivity index (χ4n) is 2.11. The average molecular weight is 226 g/mol. The molecule has 2 rings (SSSR count). The predicted octanol–water partition coefficient (Wildman–Crippen LogP) is 2.56. The molecule has 0 saturated carbocycles. The van der Waals surface area contributed by atoms with E-state index in [0.29, 0.717) is 0 Å². The van der Waals surface area contributed by atoms with Gasteiger partial charge < -0.3 is 10.3 Å². The smallest absolute Gasteiger partial charge is 0.0837 e. The zero-order valence-corrected chi connectivity index (χ0v) is 10.2. The topological polar surface area (TPSA) is 30.9 Å². The number of nitrogens with two attached hydrogens (primary N) is 1. The van der Waals surface area contributed by atoms with Gasteiger partial charge in [0.25, 0.3) is 0 Å². The van der Waals surface area contributed by atoms with Gasteiger partial charge in [-0.05, 0) is 37.9 Å². The molecule has 2 aromatic rings. The van der Waals surface area contributed by atoms with Crippen LogP contribution in [0.4, 0.5) is 0 Å². The SMILES string of the molecule is CC#CCn1cc(CCCN)c2ccccc21. The summed E-state index contributed by atoms with van der Waals surface area (Å²) in [6.07, 6.45) is 4.29. The standard InChI is InChI=1S/C15H18N2/c1-2-3-11-17-12-13(7-6-10-16)14-8-4-5-9-15(14)17/h4-5,8-9,12H,6-7,10-11,16H2,1H3. The normalized spacial score (nSPS) is 10.2. The van der Waals surface area contributed by atoms with Gasteiger partial charge in [0.05, 0.1) is 6.54 Å². The summed E-state index contributed by atoms with van der Waals surface area (Å²) in [5.74, 6) is 6.06. The Hall–Kier alpha value is -1.72. The molecule has 0 atom stereocenters. The summed E-state index contributed by atoms with van der Waals surface area (Å²) < 4.78 is 2.22. The summed E-state index contributed by atoms with van der Waals surface area (Å²) in [6, 6.07) is 8.49. The second-order valence-corrected chi connectivity index (χ2v) is 4.12. The molecule has 88 valence electrons. The van der Waals surface area contributed by atoms with Gasteiger partial charge in [0, 0.05) is 17.1 Å². The number of rotatable bonds is 4. The Kier molecular flexibility index (Phi) is 3.85. The molecule has 0 aliphatic carbocycles. The minimum Gasteiger partial charge on any atom is -0.336 e. The Labute approximate surface area is 102 Å². The molecule has 0 amide bonds. The molecular weight excluding hydrogens is 208 g/mol. The first-order valence-corrected chi connectivity index (χ1v) is 6.03. The van der Waals surface area contributed by atoms with Gasteiger partial charge in [0.15, 0.2) is 0 Å². The van der Waals surface area contributed by atoms with Crippen LogP contribution in [0.25, 0.3) is 10.9 Å². The molecule has 0 aliphatic rings. The number of hydrogen-bond acceptors (Lipinski definition) is 1. The molecule has 2 nitrogen and oxygen atoms in total. The third-order valence-corrected chi connectivity index (χ3v) is 2.95. The molecule has 1 aromatic heterocycles. The van der Waals surface area contributed by atoms with Crippen LogP contribution in [0.3, 0.4) is 0 Å². The van der Waals surface area contributed by atoms with E-state index in [0.717, 1.165) is 25.9 Å². The van der Waals surface area contributed by atoms with Crippen LogP contribution in [0.1, 0.15) is 18.9 Å². The van der Waals surface area contributed by atoms with Crippen LogP contribution < -0.4 is 5.73 Å². The van der Waals surface area contributed by atoms with E-state index in [1.807, 2.05) is 6.92 Å². The van der Waals surface area contributed by atoms with Crippen LogP contribution in [-0.4, -0.2) is 11.1 Å². The molecule has 0 aliphatic heterocycles. The summed E-state index contributed by atoms with van der Waals surface area (Å²) in [5, 5.41) is 1.33. The first-order chi connectivity index (χ1) is 8.36. The number of nitrogens with zero attached hydrogens (tertiary/aromatic N) is 1. The first kappa shape index (κ1) is 11.8. The lowest BCUT2D eigenvalue weighted by atomic mass is 10.1. The molecular formula is C15H18N2. The number of aryl methyl sites for hydroxylation is 1. The van der Waals surface area contributed by atoms with Crippen molar-refractivity contribution in [2.45, 2.75) is 26.3 Å². The van der Waals surface area contributed by atoms with Crippen molar-refractivity contribution < 1.29 is 0 Å². The molecule has 2 N–H and O–H groups in total. The Morgan fingerprint density at radius 2 is 2.12 bits per heavy atom. The van der Waals surface area contributed by atoms with E-state index in [1.165, 1.54) is 16.5 Å². The van der Waals surface area contributed by atoms with Crippen molar-refractivity contribution in [3.63, 3.8) is 0 Å². The fraction of sp³-hybridized carbons (Fsp3) is 0.333. The highest BCUT2D eigenvalue weighted by Crippen LogP contribution is 2.22. The maximum atomic E-state index is 5.58. The number of fused-ring (bicyclic) bond motifs is 1. The van der Waals surface area contributed by atoms with E-state index < -0.39 is 0 Å². The van der Waals surface area contributed by atoms with Gasteiger partial charge in [0.1, 0.15) is 0 Å². The van der Waals surface area contributed by atoms with Crippen molar-refractivity contribution in [2.24, 2.45) is 5.73 Å². The summed E-state index contributed by atoms with van der Waals surface area (Å²) in [6.45, 7) is 3.38. The minimum atomic E-state index is 0.744. The van der Waals surface area contributed by atoms with Gasteiger partial charge in [-0.25, -0.2) is 0 Å². The highest BCUT2D eigenvalue weighted by molar-refractivity contribution is 5.84. The quantitative estimate of drug-likeness (QED) is 0.798. The molecule has 2 heteroatoms. The maximum Gasteiger partial charge on any atom is 0.0837 e. The highest BCUT2D eigenvalue weighted by Gasteiger charge is 2.06. The van der Waals surface area contributed by atoms with E-state index in [9.17, 15) is 0 Å². The lowest BCUT2D eigenvalue weighted by Crippen LogP contribution is -2.00. The molecule has 0 fully saturated rings. The number of benzene rings is 1. The second kappa shape index (κ2) is 5.56. The number of hydrogen-bond donors (Lipinski definition) is 1. The van der Waals surface area contributed by atoms with Gasteiger partial charge in [-0.3, -0.25) is 0 Å². The molecule has 1 aromatic carbocycles. The summed E-state index contributed by atoms with van der Waals surface area (Å²) >= 11 is 0. The molecule has 0 spiro atoms. The molecule has 0 radical (unpaired) electrons. The number of aromatic nitrogens is 1. The van der Waals surface area contributed by atoms with Gasteiger partial charge in [-0.15, -0.1) is 5.92 Å². The van der Waals surface area contributed by atoms with Crippen molar-refractivity contribution in [1.29, 1.82) is 0 Å². The van der Waals surface area contributed by atoms with Gasteiger partial charge in [-0.1, -0.05) is 24.1 Å². The summed E-state index contributed by atoms with van der Waals surface area (Å²) in [7, 11) is 0. The van der Waals surface area contributed by atoms with Crippen molar-refractivity contribution in [3.05, 3.63) is 36.0 Å². The zero-order chi connectivity index (χ0) is 12.1.